The fraction of sp³-hybridized carbons (Fsp3) is 0.286. The van der Waals surface area contributed by atoms with Gasteiger partial charge in [0.1, 0.15) is 5.69 Å². The lowest BCUT2D eigenvalue weighted by molar-refractivity contribution is 0.0365. The molecule has 3 heterocycles. The molecule has 5 rings (SSSR count). The third-order valence-electron chi connectivity index (χ3n) is 6.44. The highest BCUT2D eigenvalue weighted by molar-refractivity contribution is 7.22. The number of nitrogens with one attached hydrogen (secondary N) is 2. The molecular formula is C28H31N7O3S. The lowest BCUT2D eigenvalue weighted by Crippen LogP contribution is -2.40. The molecule has 1 aliphatic rings. The summed E-state index contributed by atoms with van der Waals surface area (Å²) in [7, 11) is 0. The van der Waals surface area contributed by atoms with Gasteiger partial charge in [0.15, 0.2) is 5.13 Å². The van der Waals surface area contributed by atoms with E-state index in [4.69, 9.17) is 10.5 Å². The van der Waals surface area contributed by atoms with Crippen molar-refractivity contribution in [3.8, 4) is 0 Å². The average Bonchev–Trinajstić information content (AvgIpc) is 3.37. The van der Waals surface area contributed by atoms with E-state index in [-0.39, 0.29) is 17.6 Å². The van der Waals surface area contributed by atoms with Gasteiger partial charge in [0, 0.05) is 38.9 Å². The number of nitrogens with zero attached hydrogens (tertiary/aromatic N) is 4. The first-order valence-electron chi connectivity index (χ1n) is 12.9. The van der Waals surface area contributed by atoms with E-state index in [0.717, 1.165) is 55.0 Å². The zero-order valence-electron chi connectivity index (χ0n) is 21.5. The van der Waals surface area contributed by atoms with Crippen molar-refractivity contribution < 1.29 is 14.3 Å². The fourth-order valence-corrected chi connectivity index (χ4v) is 5.18. The Balaban J connectivity index is 1.25. The minimum absolute atomic E-state index is 0.225. The number of hydrogen-bond acceptors (Lipinski definition) is 8. The number of urea groups is 1. The van der Waals surface area contributed by atoms with E-state index in [9.17, 15) is 9.59 Å². The van der Waals surface area contributed by atoms with Crippen LogP contribution in [0.4, 0.5) is 21.3 Å². The van der Waals surface area contributed by atoms with E-state index >= 15 is 0 Å². The Morgan fingerprint density at radius 2 is 1.82 bits per heavy atom. The first-order chi connectivity index (χ1) is 19.0. The maximum atomic E-state index is 13.3. The zero-order chi connectivity index (χ0) is 27.0. The van der Waals surface area contributed by atoms with Crippen LogP contribution in [0.1, 0.15) is 22.5 Å². The summed E-state index contributed by atoms with van der Waals surface area (Å²) in [5.41, 5.74) is 8.88. The number of anilines is 3. The Morgan fingerprint density at radius 1 is 1.03 bits per heavy atom. The Bertz CT molecular complexity index is 1390. The standard InChI is InChI=1S/C28H31N7O3S/c29-21-6-1-2-7-22(21)31-26(36)24-11-10-20(18-30-24)19-35(13-5-12-34-14-16-38-17-15-34)28(37)33-27-32-23-8-3-4-9-25(23)39-27/h1-4,6-11,18H,5,12-17,19,29H2,(H,31,36)(H,32,33,37). The van der Waals surface area contributed by atoms with Gasteiger partial charge in [0.25, 0.3) is 5.91 Å². The molecule has 11 heteroatoms. The van der Waals surface area contributed by atoms with Crippen molar-refractivity contribution in [2.24, 2.45) is 0 Å². The van der Waals surface area contributed by atoms with Crippen molar-refractivity contribution in [3.05, 3.63) is 78.1 Å². The third-order valence-corrected chi connectivity index (χ3v) is 7.39. The molecule has 0 bridgehead atoms. The van der Waals surface area contributed by atoms with E-state index in [2.05, 4.69) is 25.5 Å². The van der Waals surface area contributed by atoms with Crippen LogP contribution in [-0.4, -0.2) is 71.1 Å². The lowest BCUT2D eigenvalue weighted by Gasteiger charge is -2.28. The van der Waals surface area contributed by atoms with Gasteiger partial charge in [-0.1, -0.05) is 41.7 Å². The molecule has 1 saturated heterocycles. The lowest BCUT2D eigenvalue weighted by atomic mass is 10.2. The van der Waals surface area contributed by atoms with Crippen LogP contribution >= 0.6 is 11.3 Å². The number of rotatable bonds is 9. The number of carbonyl (C=O) groups excluding carboxylic acids is 2. The average molecular weight is 546 g/mol. The van der Waals surface area contributed by atoms with Crippen LogP contribution in [-0.2, 0) is 11.3 Å². The van der Waals surface area contributed by atoms with E-state index in [0.29, 0.717) is 29.6 Å². The van der Waals surface area contributed by atoms with E-state index in [1.807, 2.05) is 30.3 Å². The molecule has 2 aromatic carbocycles. The molecule has 0 spiro atoms. The van der Waals surface area contributed by atoms with E-state index in [1.165, 1.54) is 11.3 Å². The number of fused-ring (bicyclic) bond motifs is 1. The molecule has 4 N–H and O–H groups in total. The van der Waals surface area contributed by atoms with Crippen molar-refractivity contribution in [1.29, 1.82) is 0 Å². The molecule has 10 nitrogen and oxygen atoms in total. The number of ether oxygens (including phenoxy) is 1. The quantitative estimate of drug-likeness (QED) is 0.268. The number of nitrogens with two attached hydrogens (primary N) is 1. The Kier molecular flexibility index (Phi) is 8.61. The molecule has 202 valence electrons. The van der Waals surface area contributed by atoms with Crippen LogP contribution in [0.25, 0.3) is 10.2 Å². The summed E-state index contributed by atoms with van der Waals surface area (Å²) in [4.78, 5) is 39.0. The van der Waals surface area contributed by atoms with Gasteiger partial charge < -0.3 is 20.7 Å². The van der Waals surface area contributed by atoms with Gasteiger partial charge in [-0.3, -0.25) is 20.0 Å². The van der Waals surface area contributed by atoms with Crippen molar-refractivity contribution in [3.63, 3.8) is 0 Å². The van der Waals surface area contributed by atoms with Crippen LogP contribution in [0.3, 0.4) is 0 Å². The molecule has 4 aromatic rings. The molecule has 0 unspecified atom stereocenters. The Labute approximate surface area is 230 Å². The minimum Gasteiger partial charge on any atom is -0.397 e. The van der Waals surface area contributed by atoms with Gasteiger partial charge in [-0.15, -0.1) is 0 Å². The number of nitrogen functional groups attached to an aromatic ring is 1. The number of carbonyl (C=O) groups is 2. The van der Waals surface area contributed by atoms with Crippen molar-refractivity contribution in [1.82, 2.24) is 19.8 Å². The van der Waals surface area contributed by atoms with Crippen molar-refractivity contribution >= 4 is 50.0 Å². The molecule has 3 amide bonds. The molecule has 0 atom stereocenters. The van der Waals surface area contributed by atoms with Gasteiger partial charge in [-0.2, -0.15) is 0 Å². The molecule has 0 aliphatic carbocycles. The maximum absolute atomic E-state index is 13.3. The molecular weight excluding hydrogens is 514 g/mol. The number of pyridine rings is 1. The fourth-order valence-electron chi connectivity index (χ4n) is 4.33. The third kappa shape index (κ3) is 7.08. The van der Waals surface area contributed by atoms with Crippen LogP contribution in [0.15, 0.2) is 66.9 Å². The summed E-state index contributed by atoms with van der Waals surface area (Å²) >= 11 is 1.45. The maximum Gasteiger partial charge on any atom is 0.323 e. The summed E-state index contributed by atoms with van der Waals surface area (Å²) in [5.74, 6) is -0.351. The van der Waals surface area contributed by atoms with Crippen LogP contribution in [0, 0.1) is 0 Å². The normalized spacial score (nSPS) is 13.7. The number of aromatic nitrogens is 2. The Morgan fingerprint density at radius 3 is 2.59 bits per heavy atom. The predicted octanol–water partition coefficient (Wildman–Crippen LogP) is 4.28. The van der Waals surface area contributed by atoms with Crippen molar-refractivity contribution in [2.75, 3.05) is 55.8 Å². The SMILES string of the molecule is Nc1ccccc1NC(=O)c1ccc(CN(CCCN2CCOCC2)C(=O)Nc2nc3ccccc3s2)cn1. The number of para-hydroxylation sites is 3. The number of morpholine rings is 1. The molecule has 1 fully saturated rings. The summed E-state index contributed by atoms with van der Waals surface area (Å²) in [6.07, 6.45) is 2.45. The zero-order valence-corrected chi connectivity index (χ0v) is 22.3. The second kappa shape index (κ2) is 12.7. The van der Waals surface area contributed by atoms with Crippen LogP contribution < -0.4 is 16.4 Å². The summed E-state index contributed by atoms with van der Waals surface area (Å²) < 4.78 is 6.45. The minimum atomic E-state index is -0.351. The predicted molar refractivity (Wildman–Crippen MR) is 154 cm³/mol. The smallest absolute Gasteiger partial charge is 0.323 e. The molecule has 2 aromatic heterocycles. The van der Waals surface area contributed by atoms with Gasteiger partial charge in [0.05, 0.1) is 34.8 Å². The van der Waals surface area contributed by atoms with Gasteiger partial charge in [-0.25, -0.2) is 9.78 Å². The molecule has 39 heavy (non-hydrogen) atoms. The van der Waals surface area contributed by atoms with Crippen LogP contribution in [0.5, 0.6) is 0 Å². The number of benzene rings is 2. The monoisotopic (exact) mass is 545 g/mol. The summed E-state index contributed by atoms with van der Waals surface area (Å²) in [6.45, 7) is 5.08. The second-order valence-corrected chi connectivity index (χ2v) is 10.3. The molecule has 0 saturated carbocycles. The van der Waals surface area contributed by atoms with Gasteiger partial charge in [0.2, 0.25) is 0 Å². The highest BCUT2D eigenvalue weighted by Gasteiger charge is 2.18. The van der Waals surface area contributed by atoms with E-state index < -0.39 is 0 Å². The van der Waals surface area contributed by atoms with Crippen molar-refractivity contribution in [2.45, 2.75) is 13.0 Å². The topological polar surface area (TPSA) is 126 Å². The first kappa shape index (κ1) is 26.5. The number of hydrogen-bond donors (Lipinski definition) is 3. The highest BCUT2D eigenvalue weighted by atomic mass is 32.1. The first-order valence-corrected chi connectivity index (χ1v) is 13.7. The highest BCUT2D eigenvalue weighted by Crippen LogP contribution is 2.26. The van der Waals surface area contributed by atoms with E-state index in [1.54, 1.807) is 41.4 Å². The van der Waals surface area contributed by atoms with Gasteiger partial charge in [-0.05, 0) is 42.3 Å². The summed E-state index contributed by atoms with van der Waals surface area (Å²) in [5, 5.41) is 6.31. The molecule has 1 aliphatic heterocycles. The summed E-state index contributed by atoms with van der Waals surface area (Å²) in [6, 6.07) is 18.1. The van der Waals surface area contributed by atoms with Gasteiger partial charge >= 0.3 is 6.03 Å². The second-order valence-electron chi connectivity index (χ2n) is 9.24. The number of thiazole rings is 1. The van der Waals surface area contributed by atoms with Crippen LogP contribution in [0.2, 0.25) is 0 Å². The molecule has 0 radical (unpaired) electrons. The Hall–Kier alpha value is -4.06. The largest absolute Gasteiger partial charge is 0.397 e. The number of amides is 3.